The molecular formula is C21H21FN6O3S. The molecule has 3 heterocycles. The molecule has 3 aromatic heterocycles. The number of hydrogen-bond acceptors (Lipinski definition) is 8. The van der Waals surface area contributed by atoms with Gasteiger partial charge in [-0.2, -0.15) is 4.39 Å². The molecule has 2 aliphatic carbocycles. The van der Waals surface area contributed by atoms with Crippen LogP contribution in [0.3, 0.4) is 0 Å². The third-order valence-electron chi connectivity index (χ3n) is 6.60. The van der Waals surface area contributed by atoms with Gasteiger partial charge in [-0.3, -0.25) is 4.79 Å². The zero-order valence-electron chi connectivity index (χ0n) is 17.5. The van der Waals surface area contributed by atoms with Crippen LogP contribution in [-0.2, 0) is 4.79 Å². The fourth-order valence-corrected chi connectivity index (χ4v) is 5.52. The van der Waals surface area contributed by atoms with Crippen LogP contribution in [0.2, 0.25) is 0 Å². The maximum absolute atomic E-state index is 13.2. The van der Waals surface area contributed by atoms with Gasteiger partial charge in [0.05, 0.1) is 28.8 Å². The molecule has 166 valence electrons. The van der Waals surface area contributed by atoms with Crippen LogP contribution in [0, 0.1) is 28.3 Å². The van der Waals surface area contributed by atoms with E-state index in [1.54, 1.807) is 30.9 Å². The van der Waals surface area contributed by atoms with Crippen molar-refractivity contribution in [2.45, 2.75) is 31.1 Å². The maximum atomic E-state index is 13.2. The zero-order chi connectivity index (χ0) is 22.8. The molecule has 2 saturated carbocycles. The van der Waals surface area contributed by atoms with Crippen LogP contribution >= 0.6 is 11.3 Å². The van der Waals surface area contributed by atoms with Gasteiger partial charge < -0.3 is 25.4 Å². The minimum Gasteiger partial charge on any atom is -0.389 e. The van der Waals surface area contributed by atoms with Gasteiger partial charge in [0.2, 0.25) is 11.7 Å². The highest BCUT2D eigenvalue weighted by Gasteiger charge is 2.79. The number of nitrogens with one attached hydrogen (secondary N) is 2. The average Bonchev–Trinajstić information content (AvgIpc) is 3.15. The van der Waals surface area contributed by atoms with Gasteiger partial charge >= 0.3 is 0 Å². The van der Waals surface area contributed by atoms with Crippen LogP contribution in [0.25, 0.3) is 11.2 Å². The first-order chi connectivity index (χ1) is 15.2. The Morgan fingerprint density at radius 3 is 2.72 bits per heavy atom. The normalized spacial score (nSPS) is 30.5. The van der Waals surface area contributed by atoms with Gasteiger partial charge in [-0.15, -0.1) is 0 Å². The van der Waals surface area contributed by atoms with Gasteiger partial charge in [-0.05, 0) is 37.3 Å². The average molecular weight is 457 g/mol. The second-order valence-electron chi connectivity index (χ2n) is 8.37. The predicted octanol–water partition coefficient (Wildman–Crippen LogP) is 0.887. The van der Waals surface area contributed by atoms with E-state index in [2.05, 4.69) is 37.4 Å². The Kier molecular flexibility index (Phi) is 4.53. The minimum atomic E-state index is -1.46. The van der Waals surface area contributed by atoms with Gasteiger partial charge in [0.25, 0.3) is 0 Å². The van der Waals surface area contributed by atoms with Crippen LogP contribution in [0.1, 0.15) is 30.1 Å². The first-order valence-corrected chi connectivity index (χ1v) is 10.9. The summed E-state index contributed by atoms with van der Waals surface area (Å²) in [5.74, 6) is 5.75. The topological polar surface area (TPSA) is 125 Å². The van der Waals surface area contributed by atoms with Crippen molar-refractivity contribution in [1.29, 1.82) is 0 Å². The molecule has 32 heavy (non-hydrogen) atoms. The van der Waals surface area contributed by atoms with Gasteiger partial charge in [0, 0.05) is 20.0 Å². The number of aromatic nitrogens is 4. The number of thiophene rings is 1. The minimum absolute atomic E-state index is 0.214. The van der Waals surface area contributed by atoms with E-state index in [1.165, 1.54) is 13.1 Å². The maximum Gasteiger partial charge on any atom is 0.228 e. The molecule has 1 amide bonds. The van der Waals surface area contributed by atoms with Crippen molar-refractivity contribution in [1.82, 2.24) is 24.8 Å². The van der Waals surface area contributed by atoms with E-state index in [0.29, 0.717) is 28.3 Å². The standard InChI is InChI=1S/C21H21FN6O3S/c1-20(19(30)24-3)8-11-15(21(11,31)18(20)29)28-9-25-14-16(23-2)26-13(27-17(14)28)7-5-10-4-6-12(22)32-10/h4,6,9,11,15,18,29,31H,8H2,1-3H3,(H,24,30)(H,23,26,27)/t11-,15+,18+,20?,21+/m0/s1. The summed E-state index contributed by atoms with van der Waals surface area (Å²) in [6.45, 7) is 1.66. The molecule has 0 aliphatic heterocycles. The molecule has 4 N–H and O–H groups in total. The number of rotatable bonds is 3. The van der Waals surface area contributed by atoms with E-state index in [4.69, 9.17) is 0 Å². The molecule has 1 unspecified atom stereocenters. The Morgan fingerprint density at radius 1 is 1.34 bits per heavy atom. The van der Waals surface area contributed by atoms with Crippen LogP contribution in [0.4, 0.5) is 10.2 Å². The Labute approximate surface area is 186 Å². The van der Waals surface area contributed by atoms with E-state index < -0.39 is 23.2 Å². The lowest BCUT2D eigenvalue weighted by atomic mass is 9.80. The Bertz CT molecular complexity index is 1310. The lowest BCUT2D eigenvalue weighted by Gasteiger charge is -2.32. The molecular weight excluding hydrogens is 435 g/mol. The predicted molar refractivity (Wildman–Crippen MR) is 115 cm³/mol. The fourth-order valence-electron chi connectivity index (χ4n) is 4.93. The molecule has 0 saturated heterocycles. The summed E-state index contributed by atoms with van der Waals surface area (Å²) in [6.07, 6.45) is 0.646. The zero-order valence-corrected chi connectivity index (χ0v) is 18.4. The SMILES string of the molecule is CNC(=O)C1(C)C[C@H]2[C@@H](n3cnc4c(NC)nc(C#Cc5ccc(F)s5)nc43)[C@@]2(O)[C@@H]1O. The van der Waals surface area contributed by atoms with Crippen LogP contribution in [0.5, 0.6) is 0 Å². The van der Waals surface area contributed by atoms with Gasteiger partial charge in [-0.25, -0.2) is 15.0 Å². The van der Waals surface area contributed by atoms with E-state index in [1.807, 2.05) is 0 Å². The molecule has 2 aliphatic rings. The number of halogens is 1. The van der Waals surface area contributed by atoms with E-state index in [-0.39, 0.29) is 22.8 Å². The van der Waals surface area contributed by atoms with E-state index in [0.717, 1.165) is 11.3 Å². The number of aliphatic hydroxyl groups is 2. The van der Waals surface area contributed by atoms with Crippen LogP contribution in [0.15, 0.2) is 18.5 Å². The molecule has 5 atom stereocenters. The second-order valence-corrected chi connectivity index (χ2v) is 9.40. The highest BCUT2D eigenvalue weighted by atomic mass is 32.1. The van der Waals surface area contributed by atoms with Crippen molar-refractivity contribution in [3.63, 3.8) is 0 Å². The third kappa shape index (κ3) is 2.76. The van der Waals surface area contributed by atoms with Crippen LogP contribution in [-0.4, -0.2) is 61.4 Å². The molecule has 0 spiro atoms. The highest BCUT2D eigenvalue weighted by Crippen LogP contribution is 2.69. The van der Waals surface area contributed by atoms with Crippen molar-refractivity contribution in [2.24, 2.45) is 11.3 Å². The summed E-state index contributed by atoms with van der Waals surface area (Å²) >= 11 is 0.932. The largest absolute Gasteiger partial charge is 0.389 e. The van der Waals surface area contributed by atoms with Gasteiger partial charge in [0.1, 0.15) is 5.60 Å². The molecule has 3 aromatic rings. The lowest BCUT2D eigenvalue weighted by Crippen LogP contribution is -2.49. The smallest absolute Gasteiger partial charge is 0.228 e. The van der Waals surface area contributed by atoms with E-state index in [9.17, 15) is 19.4 Å². The molecule has 0 aromatic carbocycles. The fraction of sp³-hybridized carbons (Fsp3) is 0.429. The number of aliphatic hydroxyl groups excluding tert-OH is 1. The first kappa shape index (κ1) is 20.8. The summed E-state index contributed by atoms with van der Waals surface area (Å²) in [7, 11) is 3.21. The number of carbonyl (C=O) groups excluding carboxylic acids is 1. The van der Waals surface area contributed by atoms with Crippen molar-refractivity contribution >= 4 is 34.2 Å². The second kappa shape index (κ2) is 6.96. The first-order valence-electron chi connectivity index (χ1n) is 10.1. The molecule has 0 bridgehead atoms. The number of amides is 1. The van der Waals surface area contributed by atoms with Crippen molar-refractivity contribution in [2.75, 3.05) is 19.4 Å². The molecule has 2 fully saturated rings. The third-order valence-corrected chi connectivity index (χ3v) is 7.39. The highest BCUT2D eigenvalue weighted by molar-refractivity contribution is 7.10. The van der Waals surface area contributed by atoms with Gasteiger partial charge in [-0.1, -0.05) is 11.3 Å². The number of carbonyl (C=O) groups is 1. The number of hydrogen-bond donors (Lipinski definition) is 4. The summed E-state index contributed by atoms with van der Waals surface area (Å²) in [5.41, 5.74) is -1.58. The number of anilines is 1. The molecule has 5 rings (SSSR count). The summed E-state index contributed by atoms with van der Waals surface area (Å²) < 4.78 is 14.9. The monoisotopic (exact) mass is 456 g/mol. The number of imidazole rings is 1. The van der Waals surface area contributed by atoms with Crippen molar-refractivity contribution in [3.8, 4) is 11.8 Å². The Morgan fingerprint density at radius 2 is 2.12 bits per heavy atom. The van der Waals surface area contributed by atoms with Gasteiger partial charge in [0.15, 0.2) is 22.1 Å². The Balaban J connectivity index is 1.53. The molecule has 9 nitrogen and oxygen atoms in total. The molecule has 11 heteroatoms. The molecule has 0 radical (unpaired) electrons. The van der Waals surface area contributed by atoms with E-state index >= 15 is 0 Å². The van der Waals surface area contributed by atoms with Crippen molar-refractivity contribution < 1.29 is 19.4 Å². The summed E-state index contributed by atoms with van der Waals surface area (Å²) in [4.78, 5) is 26.1. The van der Waals surface area contributed by atoms with Crippen molar-refractivity contribution in [3.05, 3.63) is 34.3 Å². The summed E-state index contributed by atoms with van der Waals surface area (Å²) in [5, 5.41) is 27.4. The lowest BCUT2D eigenvalue weighted by molar-refractivity contribution is -0.140. The summed E-state index contributed by atoms with van der Waals surface area (Å²) in [6, 6.07) is 2.45. The van der Waals surface area contributed by atoms with Crippen LogP contribution < -0.4 is 10.6 Å². The number of fused-ring (bicyclic) bond motifs is 2. The number of nitrogens with zero attached hydrogens (tertiary/aromatic N) is 4. The Hall–Kier alpha value is -3.07. The quantitative estimate of drug-likeness (QED) is 0.431.